The lowest BCUT2D eigenvalue weighted by atomic mass is 9.50. The number of piperidine rings is 1. The topological polar surface area (TPSA) is 132 Å². The summed E-state index contributed by atoms with van der Waals surface area (Å²) < 4.78 is 22.6. The fourth-order valence-corrected chi connectivity index (χ4v) is 6.37. The van der Waals surface area contributed by atoms with Gasteiger partial charge in [0.25, 0.3) is 0 Å². The van der Waals surface area contributed by atoms with Gasteiger partial charge in [0.15, 0.2) is 17.6 Å². The van der Waals surface area contributed by atoms with Gasteiger partial charge in [-0.25, -0.2) is 4.79 Å². The van der Waals surface area contributed by atoms with E-state index >= 15 is 0 Å². The van der Waals surface area contributed by atoms with E-state index in [0.717, 1.165) is 17.7 Å². The van der Waals surface area contributed by atoms with Crippen LogP contribution in [0.25, 0.3) is 0 Å². The van der Waals surface area contributed by atoms with E-state index in [9.17, 15) is 24.6 Å². The molecule has 0 radical (unpaired) electrons. The maximum atomic E-state index is 12.9. The van der Waals surface area contributed by atoms with Gasteiger partial charge in [-0.2, -0.15) is 0 Å². The van der Waals surface area contributed by atoms with E-state index in [-0.39, 0.29) is 18.2 Å². The van der Waals surface area contributed by atoms with Crippen molar-refractivity contribution < 1.29 is 43.5 Å². The number of hydrogen-bond donors (Lipinski definition) is 2. The Balaban J connectivity index is 1.48. The fraction of sp³-hybridized carbons (Fsp3) is 0.577. The SMILES string of the molecule is COc1ccc2c3c1O[C@H]1C(OC(=O)C[C@H](OC(=O)C(C)C)C(=O)O)=CC[C@@]4(O)[C@@H](C2)N(C)CC[C@]314. The number of hydrogen-bond acceptors (Lipinski definition) is 9. The molecule has 194 valence electrons. The number of nitrogens with zero attached hydrogens (tertiary/aromatic N) is 1. The van der Waals surface area contributed by atoms with Gasteiger partial charge in [0.2, 0.25) is 6.10 Å². The van der Waals surface area contributed by atoms with Crippen LogP contribution in [0.4, 0.5) is 0 Å². The summed E-state index contributed by atoms with van der Waals surface area (Å²) in [5.74, 6) is -2.26. The van der Waals surface area contributed by atoms with Gasteiger partial charge < -0.3 is 34.1 Å². The second-order valence-electron chi connectivity index (χ2n) is 10.4. The van der Waals surface area contributed by atoms with Gasteiger partial charge in [-0.15, -0.1) is 0 Å². The van der Waals surface area contributed by atoms with Crippen LogP contribution in [0.3, 0.4) is 0 Å². The van der Waals surface area contributed by atoms with E-state index < -0.39 is 53.5 Å². The molecular weight excluding hydrogens is 470 g/mol. The van der Waals surface area contributed by atoms with Crippen molar-refractivity contribution >= 4 is 17.9 Å². The minimum Gasteiger partial charge on any atom is -0.493 e. The standard InChI is InChI=1S/C26H31NO9/c1-13(2)24(31)35-17(23(29)30)12-19(28)34-16-7-8-26(32)18-11-14-5-6-15(33-4)21-20(14)25(26,22(16)36-21)9-10-27(18)3/h5-7,13,17-18,22,32H,8-12H2,1-4H3,(H,29,30)/t17-,18+,22-,25-,26+/m0/s1. The van der Waals surface area contributed by atoms with E-state index in [1.165, 1.54) is 0 Å². The second kappa shape index (κ2) is 8.48. The van der Waals surface area contributed by atoms with Crippen molar-refractivity contribution in [1.82, 2.24) is 4.90 Å². The predicted octanol–water partition coefficient (Wildman–Crippen LogP) is 1.56. The van der Waals surface area contributed by atoms with E-state index in [2.05, 4.69) is 4.90 Å². The summed E-state index contributed by atoms with van der Waals surface area (Å²) in [5, 5.41) is 21.6. The van der Waals surface area contributed by atoms with Crippen LogP contribution in [0.2, 0.25) is 0 Å². The van der Waals surface area contributed by atoms with Gasteiger partial charge in [-0.05, 0) is 44.1 Å². The van der Waals surface area contributed by atoms with Crippen molar-refractivity contribution in [1.29, 1.82) is 0 Å². The predicted molar refractivity (Wildman–Crippen MR) is 125 cm³/mol. The summed E-state index contributed by atoms with van der Waals surface area (Å²) in [6.45, 7) is 3.86. The Morgan fingerprint density at radius 3 is 2.69 bits per heavy atom. The van der Waals surface area contributed by atoms with Crippen molar-refractivity contribution in [3.63, 3.8) is 0 Å². The maximum absolute atomic E-state index is 12.9. The lowest BCUT2D eigenvalue weighted by Crippen LogP contribution is -2.74. The molecule has 1 aromatic rings. The van der Waals surface area contributed by atoms with E-state index in [1.54, 1.807) is 27.0 Å². The Hall–Kier alpha value is -3.11. The number of carboxylic acids is 1. The molecule has 2 aliphatic carbocycles. The molecule has 0 amide bonds. The van der Waals surface area contributed by atoms with Crippen molar-refractivity contribution in [2.75, 3.05) is 20.7 Å². The number of benzene rings is 1. The third-order valence-electron chi connectivity index (χ3n) is 8.15. The smallest absolute Gasteiger partial charge is 0.345 e. The molecule has 2 N–H and O–H groups in total. The first kappa shape index (κ1) is 24.6. The van der Waals surface area contributed by atoms with Gasteiger partial charge >= 0.3 is 17.9 Å². The minimum absolute atomic E-state index is 0.149. The molecule has 36 heavy (non-hydrogen) atoms. The first-order valence-corrected chi connectivity index (χ1v) is 12.2. The summed E-state index contributed by atoms with van der Waals surface area (Å²) in [6.07, 6.45) is 0.0272. The Bertz CT molecular complexity index is 1160. The van der Waals surface area contributed by atoms with E-state index in [0.29, 0.717) is 24.3 Å². The largest absolute Gasteiger partial charge is 0.493 e. The van der Waals surface area contributed by atoms with Crippen LogP contribution in [-0.2, 0) is 35.7 Å². The molecule has 1 aromatic carbocycles. The normalized spacial score (nSPS) is 30.6. The number of aliphatic hydroxyl groups is 1. The second-order valence-corrected chi connectivity index (χ2v) is 10.4. The summed E-state index contributed by atoms with van der Waals surface area (Å²) in [6, 6.07) is 3.70. The molecule has 0 saturated carbocycles. The molecule has 2 heterocycles. The first-order chi connectivity index (χ1) is 17.0. The molecule has 2 aliphatic heterocycles. The molecule has 2 bridgehead atoms. The Morgan fingerprint density at radius 1 is 1.28 bits per heavy atom. The van der Waals surface area contributed by atoms with Crippen molar-refractivity contribution in [3.05, 3.63) is 35.1 Å². The number of likely N-dealkylation sites (tertiary alicyclic amines) is 1. The number of ether oxygens (including phenoxy) is 4. The van der Waals surface area contributed by atoms with Crippen LogP contribution in [0.15, 0.2) is 24.0 Å². The lowest BCUT2D eigenvalue weighted by Gasteiger charge is -2.61. The van der Waals surface area contributed by atoms with Gasteiger partial charge in [0.05, 0.1) is 30.5 Å². The van der Waals surface area contributed by atoms with Crippen LogP contribution in [-0.4, -0.2) is 77.6 Å². The highest BCUT2D eigenvalue weighted by Gasteiger charge is 2.72. The van der Waals surface area contributed by atoms with Crippen LogP contribution in [0.5, 0.6) is 11.5 Å². The molecule has 0 aromatic heterocycles. The van der Waals surface area contributed by atoms with E-state index in [4.69, 9.17) is 18.9 Å². The monoisotopic (exact) mass is 501 g/mol. The zero-order valence-corrected chi connectivity index (χ0v) is 20.8. The van der Waals surface area contributed by atoms with Crippen molar-refractivity contribution in [2.24, 2.45) is 5.92 Å². The number of aliphatic carboxylic acids is 1. The quantitative estimate of drug-likeness (QED) is 0.531. The number of carbonyl (C=O) groups is 3. The Labute approximate surface area is 208 Å². The maximum Gasteiger partial charge on any atom is 0.345 e. The average Bonchev–Trinajstić information content (AvgIpc) is 3.18. The highest BCUT2D eigenvalue weighted by molar-refractivity contribution is 5.84. The molecule has 4 aliphatic rings. The highest BCUT2D eigenvalue weighted by Crippen LogP contribution is 2.65. The minimum atomic E-state index is -1.66. The van der Waals surface area contributed by atoms with Gasteiger partial charge in [0, 0.05) is 18.0 Å². The van der Waals surface area contributed by atoms with Crippen LogP contribution >= 0.6 is 0 Å². The third kappa shape index (κ3) is 3.34. The Kier molecular flexibility index (Phi) is 5.79. The van der Waals surface area contributed by atoms with Crippen molar-refractivity contribution in [2.45, 2.75) is 68.8 Å². The van der Waals surface area contributed by atoms with Gasteiger partial charge in [0.1, 0.15) is 5.76 Å². The van der Waals surface area contributed by atoms with E-state index in [1.807, 2.05) is 19.2 Å². The molecule has 10 nitrogen and oxygen atoms in total. The lowest BCUT2D eigenvalue weighted by molar-refractivity contribution is -0.174. The molecule has 10 heteroatoms. The van der Waals surface area contributed by atoms with Gasteiger partial charge in [-0.3, -0.25) is 9.59 Å². The fourth-order valence-electron chi connectivity index (χ4n) is 6.37. The summed E-state index contributed by atoms with van der Waals surface area (Å²) >= 11 is 0. The average molecular weight is 502 g/mol. The zero-order chi connectivity index (χ0) is 26.0. The first-order valence-electron chi connectivity index (χ1n) is 12.2. The number of carbonyl (C=O) groups excluding carboxylic acids is 2. The third-order valence-corrected chi connectivity index (χ3v) is 8.15. The summed E-state index contributed by atoms with van der Waals surface area (Å²) in [4.78, 5) is 38.5. The Morgan fingerprint density at radius 2 is 2.03 bits per heavy atom. The number of rotatable bonds is 7. The molecule has 1 fully saturated rings. The van der Waals surface area contributed by atoms with Crippen LogP contribution in [0, 0.1) is 5.92 Å². The summed E-state index contributed by atoms with van der Waals surface area (Å²) in [7, 11) is 3.55. The summed E-state index contributed by atoms with van der Waals surface area (Å²) in [5.41, 5.74) is -0.0348. The number of esters is 2. The van der Waals surface area contributed by atoms with Gasteiger partial charge in [-0.1, -0.05) is 19.9 Å². The molecular formula is C26H31NO9. The molecule has 5 atom stereocenters. The molecule has 1 saturated heterocycles. The van der Waals surface area contributed by atoms with Crippen LogP contribution < -0.4 is 9.47 Å². The molecule has 1 spiro atoms. The number of methoxy groups -OCH3 is 1. The molecule has 0 unspecified atom stereocenters. The van der Waals surface area contributed by atoms with Crippen molar-refractivity contribution in [3.8, 4) is 11.5 Å². The van der Waals surface area contributed by atoms with Crippen LogP contribution in [0.1, 0.15) is 44.2 Å². The highest BCUT2D eigenvalue weighted by atomic mass is 16.6. The number of likely N-dealkylation sites (N-methyl/N-ethyl adjacent to an activating group) is 1. The molecule has 5 rings (SSSR count). The number of carboxylic acid groups (broad SMARTS) is 1. The zero-order valence-electron chi connectivity index (χ0n) is 20.8.